The Kier molecular flexibility index (Phi) is 8.39. The average molecular weight is 526 g/mol. The van der Waals surface area contributed by atoms with E-state index in [1.165, 1.54) is 17.8 Å². The number of amides is 4. The Labute approximate surface area is 212 Å². The maximum absolute atomic E-state index is 14.5. The molecule has 2 saturated heterocycles. The number of carbonyl (C=O) groups is 4. The molecule has 1 aromatic rings. The second kappa shape index (κ2) is 11.3. The third-order valence-corrected chi connectivity index (χ3v) is 8.11. The lowest BCUT2D eigenvalue weighted by Crippen LogP contribution is -2.54. The Hall–Kier alpha value is -2.40. The molecule has 4 amide bonds. The van der Waals surface area contributed by atoms with Gasteiger partial charge in [0.25, 0.3) is 17.7 Å². The van der Waals surface area contributed by atoms with Gasteiger partial charge in [0, 0.05) is 37.2 Å². The molecule has 0 aliphatic carbocycles. The molecule has 36 heavy (non-hydrogen) atoms. The molecule has 196 valence electrons. The number of carbonyl (C=O) groups excluding carboxylic acids is 4. The first-order chi connectivity index (χ1) is 17.2. The molecule has 1 N–H and O–H groups in total. The summed E-state index contributed by atoms with van der Waals surface area (Å²) < 4.78 is 41.0. The number of thioether (sulfide) groups is 1. The second-order valence-corrected chi connectivity index (χ2v) is 10.7. The highest BCUT2D eigenvalue weighted by atomic mass is 32.2. The van der Waals surface area contributed by atoms with Crippen LogP contribution in [0.4, 0.5) is 13.2 Å². The number of rotatable bonds is 10. The van der Waals surface area contributed by atoms with Crippen LogP contribution in [0.15, 0.2) is 17.0 Å². The van der Waals surface area contributed by atoms with Crippen LogP contribution in [0.3, 0.4) is 0 Å². The van der Waals surface area contributed by atoms with Gasteiger partial charge in [-0.1, -0.05) is 19.3 Å². The molecule has 0 saturated carbocycles. The minimum absolute atomic E-state index is 0.00186. The normalized spacial score (nSPS) is 22.2. The Morgan fingerprint density at radius 2 is 1.61 bits per heavy atom. The molecule has 3 aliphatic rings. The lowest BCUT2D eigenvalue weighted by Gasteiger charge is -2.31. The summed E-state index contributed by atoms with van der Waals surface area (Å²) in [5.74, 6) is -5.39. The summed E-state index contributed by atoms with van der Waals surface area (Å²) in [6.07, 6.45) is 4.72. The van der Waals surface area contributed by atoms with Gasteiger partial charge < -0.3 is 4.90 Å². The monoisotopic (exact) mass is 525 g/mol. The number of imide groups is 2. The van der Waals surface area contributed by atoms with Gasteiger partial charge in [0.1, 0.15) is 11.9 Å². The van der Waals surface area contributed by atoms with Crippen molar-refractivity contribution in [3.05, 3.63) is 29.1 Å². The first-order valence-corrected chi connectivity index (χ1v) is 13.4. The fourth-order valence-electron chi connectivity index (χ4n) is 4.90. The molecule has 4 rings (SSSR count). The minimum atomic E-state index is -2.51. The van der Waals surface area contributed by atoms with E-state index in [0.717, 1.165) is 49.6 Å². The van der Waals surface area contributed by atoms with Crippen molar-refractivity contribution in [2.24, 2.45) is 0 Å². The highest BCUT2D eigenvalue weighted by Crippen LogP contribution is 2.36. The molecule has 0 aromatic heterocycles. The van der Waals surface area contributed by atoms with Crippen LogP contribution in [0.5, 0.6) is 0 Å². The van der Waals surface area contributed by atoms with Crippen LogP contribution < -0.4 is 5.32 Å². The number of halogens is 3. The lowest BCUT2D eigenvalue weighted by atomic mass is 10.0. The maximum Gasteiger partial charge on any atom is 0.265 e. The first-order valence-electron chi connectivity index (χ1n) is 12.4. The van der Waals surface area contributed by atoms with E-state index in [4.69, 9.17) is 0 Å². The summed E-state index contributed by atoms with van der Waals surface area (Å²) in [5.41, 5.74) is -0.327. The topological polar surface area (TPSA) is 86.8 Å². The van der Waals surface area contributed by atoms with E-state index >= 15 is 0 Å². The molecule has 11 heteroatoms. The number of nitrogens with one attached hydrogen (secondary N) is 1. The quantitative estimate of drug-likeness (QED) is 0.282. The molecule has 7 nitrogen and oxygen atoms in total. The van der Waals surface area contributed by atoms with Crippen molar-refractivity contribution < 1.29 is 32.3 Å². The van der Waals surface area contributed by atoms with Crippen molar-refractivity contribution in [3.8, 4) is 0 Å². The van der Waals surface area contributed by atoms with Crippen LogP contribution in [0.2, 0.25) is 0 Å². The fraction of sp³-hybridized carbons (Fsp3) is 0.600. The number of fused-ring (bicyclic) bond motifs is 1. The predicted octanol–water partition coefficient (Wildman–Crippen LogP) is 4.00. The summed E-state index contributed by atoms with van der Waals surface area (Å²) >= 11 is 1.38. The number of hydrogen-bond donors (Lipinski definition) is 1. The van der Waals surface area contributed by atoms with Gasteiger partial charge in [-0.05, 0) is 43.7 Å². The molecule has 2 fully saturated rings. The van der Waals surface area contributed by atoms with Crippen LogP contribution in [-0.4, -0.2) is 70.8 Å². The third-order valence-electron chi connectivity index (χ3n) is 6.97. The number of unbranched alkanes of at least 4 members (excludes halogenated alkanes) is 4. The first kappa shape index (κ1) is 26.7. The van der Waals surface area contributed by atoms with E-state index in [9.17, 15) is 32.3 Å². The van der Waals surface area contributed by atoms with E-state index in [0.29, 0.717) is 23.7 Å². The van der Waals surface area contributed by atoms with E-state index in [1.807, 2.05) is 0 Å². The van der Waals surface area contributed by atoms with Crippen LogP contribution in [0, 0.1) is 5.82 Å². The minimum Gasteiger partial charge on any atom is -0.303 e. The Morgan fingerprint density at radius 1 is 0.944 bits per heavy atom. The summed E-state index contributed by atoms with van der Waals surface area (Å²) in [6, 6.07) is 1.52. The SMILES string of the molecule is O=C1CCC(N2C(=O)c3c(F)ccc(SCCCCCCCN4CCC(F)(F)CC4)c3C2=O)C(=O)N1. The van der Waals surface area contributed by atoms with Crippen molar-refractivity contribution in [3.63, 3.8) is 0 Å². The number of nitrogens with zero attached hydrogens (tertiary/aromatic N) is 2. The van der Waals surface area contributed by atoms with Crippen molar-refractivity contribution in [2.75, 3.05) is 25.4 Å². The van der Waals surface area contributed by atoms with E-state index in [1.54, 1.807) is 0 Å². The maximum atomic E-state index is 14.5. The summed E-state index contributed by atoms with van der Waals surface area (Å²) in [6.45, 7) is 1.74. The Bertz CT molecular complexity index is 1040. The third kappa shape index (κ3) is 5.94. The van der Waals surface area contributed by atoms with Crippen LogP contribution >= 0.6 is 11.8 Å². The summed E-state index contributed by atoms with van der Waals surface area (Å²) in [5, 5.41) is 2.13. The molecular formula is C25H30F3N3O4S. The van der Waals surface area contributed by atoms with Crippen molar-refractivity contribution >= 4 is 35.4 Å². The van der Waals surface area contributed by atoms with E-state index < -0.39 is 41.4 Å². The molecular weight excluding hydrogens is 495 g/mol. The van der Waals surface area contributed by atoms with Crippen LogP contribution in [0.25, 0.3) is 0 Å². The van der Waals surface area contributed by atoms with Crippen molar-refractivity contribution in [2.45, 2.75) is 74.6 Å². The molecule has 1 unspecified atom stereocenters. The van der Waals surface area contributed by atoms with Gasteiger partial charge in [-0.15, -0.1) is 11.8 Å². The smallest absolute Gasteiger partial charge is 0.265 e. The van der Waals surface area contributed by atoms with Gasteiger partial charge in [0.05, 0.1) is 11.1 Å². The second-order valence-electron chi connectivity index (χ2n) is 9.56. The highest BCUT2D eigenvalue weighted by Gasteiger charge is 2.47. The number of benzene rings is 1. The zero-order chi connectivity index (χ0) is 25.9. The van der Waals surface area contributed by atoms with E-state index in [-0.39, 0.29) is 36.8 Å². The lowest BCUT2D eigenvalue weighted by molar-refractivity contribution is -0.136. The Morgan fingerprint density at radius 3 is 2.33 bits per heavy atom. The molecule has 0 spiro atoms. The van der Waals surface area contributed by atoms with Gasteiger partial charge in [-0.25, -0.2) is 13.2 Å². The zero-order valence-corrected chi connectivity index (χ0v) is 20.8. The van der Waals surface area contributed by atoms with E-state index in [2.05, 4.69) is 10.2 Å². The molecule has 0 radical (unpaired) electrons. The van der Waals surface area contributed by atoms with Crippen LogP contribution in [-0.2, 0) is 9.59 Å². The van der Waals surface area contributed by atoms with Gasteiger partial charge in [0.15, 0.2) is 0 Å². The van der Waals surface area contributed by atoms with Gasteiger partial charge in [0.2, 0.25) is 11.8 Å². The number of alkyl halides is 2. The molecule has 0 bridgehead atoms. The van der Waals surface area contributed by atoms with Gasteiger partial charge in [-0.3, -0.25) is 29.4 Å². The molecule has 3 heterocycles. The zero-order valence-electron chi connectivity index (χ0n) is 20.0. The number of hydrogen-bond acceptors (Lipinski definition) is 6. The van der Waals surface area contributed by atoms with Crippen LogP contribution in [0.1, 0.15) is 78.5 Å². The van der Waals surface area contributed by atoms with Gasteiger partial charge >= 0.3 is 0 Å². The molecule has 1 aromatic carbocycles. The summed E-state index contributed by atoms with van der Waals surface area (Å²) in [7, 11) is 0. The van der Waals surface area contributed by atoms with Crippen molar-refractivity contribution in [1.82, 2.24) is 15.1 Å². The van der Waals surface area contributed by atoms with Crippen molar-refractivity contribution in [1.29, 1.82) is 0 Å². The Balaban J connectivity index is 1.24. The standard InChI is InChI=1S/C25H30F3N3O4S/c26-16-6-8-18(36-15-5-3-1-2-4-12-30-13-10-25(27,28)11-14-30)21-20(16)23(34)31(24(21)35)17-7-9-19(32)29-22(17)33/h6,8,17H,1-5,7,9-15H2,(H,29,32,33). The van der Waals surface area contributed by atoms with Gasteiger partial charge in [-0.2, -0.15) is 0 Å². The summed E-state index contributed by atoms with van der Waals surface area (Å²) in [4.78, 5) is 53.0. The largest absolute Gasteiger partial charge is 0.303 e. The predicted molar refractivity (Wildman–Crippen MR) is 128 cm³/mol. The fourth-order valence-corrected chi connectivity index (χ4v) is 5.96. The molecule has 3 aliphatic heterocycles. The highest BCUT2D eigenvalue weighted by molar-refractivity contribution is 7.99. The average Bonchev–Trinajstić information content (AvgIpc) is 3.09. The number of likely N-dealkylation sites (tertiary alicyclic amines) is 1. The molecule has 1 atom stereocenters. The number of piperidine rings is 2.